The molecule has 0 fully saturated rings. The van der Waals surface area contributed by atoms with Crippen molar-refractivity contribution in [2.75, 3.05) is 18.9 Å². The van der Waals surface area contributed by atoms with Crippen molar-refractivity contribution in [3.05, 3.63) is 67.8 Å². The topological polar surface area (TPSA) is 122 Å². The molecule has 0 aliphatic carbocycles. The van der Waals surface area contributed by atoms with E-state index in [1.807, 2.05) is 13.8 Å². The second-order valence-corrected chi connectivity index (χ2v) is 6.68. The van der Waals surface area contributed by atoms with Gasteiger partial charge < -0.3 is 15.2 Å². The zero-order valence-corrected chi connectivity index (χ0v) is 18.2. The lowest BCUT2D eigenvalue weighted by atomic mass is 10.0. The van der Waals surface area contributed by atoms with E-state index >= 15 is 0 Å². The molecule has 0 spiro atoms. The van der Waals surface area contributed by atoms with Crippen LogP contribution in [0.25, 0.3) is 0 Å². The monoisotopic (exact) mass is 416 g/mol. The number of aryl methyl sites for hydroxylation is 4. The summed E-state index contributed by atoms with van der Waals surface area (Å²) < 4.78 is 9.73. The number of anilines is 1. The van der Waals surface area contributed by atoms with E-state index in [1.54, 1.807) is 39.8 Å². The average molecular weight is 416 g/mol. The molecule has 0 saturated heterocycles. The third-order valence-corrected chi connectivity index (χ3v) is 4.29. The second-order valence-electron chi connectivity index (χ2n) is 6.68. The molecule has 0 saturated carbocycles. The number of ether oxygens (including phenoxy) is 2. The van der Waals surface area contributed by atoms with Gasteiger partial charge in [-0.05, 0) is 76.9 Å². The van der Waals surface area contributed by atoms with E-state index < -0.39 is 10.9 Å². The Labute approximate surface area is 176 Å². The molecule has 2 aromatic rings. The lowest BCUT2D eigenvalue weighted by Gasteiger charge is -2.07. The van der Waals surface area contributed by atoms with Crippen molar-refractivity contribution in [1.29, 1.82) is 0 Å². The van der Waals surface area contributed by atoms with Crippen LogP contribution >= 0.6 is 0 Å². The maximum Gasteiger partial charge on any atom is 0.338 e. The predicted molar refractivity (Wildman–Crippen MR) is 115 cm³/mol. The number of nitrogens with zero attached hydrogens (tertiary/aromatic N) is 1. The van der Waals surface area contributed by atoms with Crippen molar-refractivity contribution < 1.29 is 24.0 Å². The Balaban J connectivity index is 0.000000303. The summed E-state index contributed by atoms with van der Waals surface area (Å²) in [5, 5.41) is 10.7. The Morgan fingerprint density at radius 2 is 1.17 bits per heavy atom. The Kier molecular flexibility index (Phi) is 8.98. The molecule has 2 N–H and O–H groups in total. The molecule has 2 rings (SSSR count). The molecule has 8 heteroatoms. The molecule has 0 amide bonds. The minimum atomic E-state index is -0.455. The number of carbonyl (C=O) groups excluding carboxylic acids is 2. The van der Waals surface area contributed by atoms with Gasteiger partial charge in [0.2, 0.25) is 0 Å². The fourth-order valence-electron chi connectivity index (χ4n) is 2.88. The Bertz CT molecular complexity index is 907. The van der Waals surface area contributed by atoms with E-state index in [0.717, 1.165) is 16.8 Å². The van der Waals surface area contributed by atoms with Crippen LogP contribution in [0.1, 0.15) is 56.8 Å². The number of nitrogens with two attached hydrogens (primary N) is 1. The van der Waals surface area contributed by atoms with Gasteiger partial charge in [-0.2, -0.15) is 0 Å². The number of nitrogen functional groups attached to an aromatic ring is 1. The highest BCUT2D eigenvalue weighted by atomic mass is 16.6. The fourth-order valence-corrected chi connectivity index (χ4v) is 2.88. The summed E-state index contributed by atoms with van der Waals surface area (Å²) in [6, 6.07) is 6.45. The van der Waals surface area contributed by atoms with E-state index in [9.17, 15) is 19.7 Å². The number of esters is 2. The van der Waals surface area contributed by atoms with Gasteiger partial charge in [-0.15, -0.1) is 0 Å². The molecule has 0 aliphatic rings. The van der Waals surface area contributed by atoms with E-state index in [2.05, 4.69) is 0 Å². The smallest absolute Gasteiger partial charge is 0.338 e. The van der Waals surface area contributed by atoms with Crippen molar-refractivity contribution >= 4 is 23.3 Å². The first-order chi connectivity index (χ1) is 14.0. The minimum Gasteiger partial charge on any atom is -0.462 e. The maximum atomic E-state index is 11.4. The molecular formula is C22H28N2O6. The third kappa shape index (κ3) is 6.30. The van der Waals surface area contributed by atoms with Crippen LogP contribution in [-0.4, -0.2) is 30.1 Å². The van der Waals surface area contributed by atoms with Gasteiger partial charge in [-0.1, -0.05) is 0 Å². The van der Waals surface area contributed by atoms with Crippen molar-refractivity contribution in [3.63, 3.8) is 0 Å². The molecule has 0 heterocycles. The van der Waals surface area contributed by atoms with Crippen molar-refractivity contribution in [3.8, 4) is 0 Å². The molecule has 0 unspecified atom stereocenters. The summed E-state index contributed by atoms with van der Waals surface area (Å²) in [5.74, 6) is -0.748. The van der Waals surface area contributed by atoms with Crippen LogP contribution in [0, 0.1) is 37.8 Å². The quantitative estimate of drug-likeness (QED) is 0.331. The van der Waals surface area contributed by atoms with Gasteiger partial charge in [0.05, 0.1) is 29.3 Å². The van der Waals surface area contributed by atoms with E-state index in [4.69, 9.17) is 15.2 Å². The molecule has 0 aliphatic heterocycles. The van der Waals surface area contributed by atoms with Crippen LogP contribution in [0.5, 0.6) is 0 Å². The third-order valence-electron chi connectivity index (χ3n) is 4.29. The van der Waals surface area contributed by atoms with Crippen molar-refractivity contribution in [2.45, 2.75) is 41.5 Å². The number of hydrogen-bond acceptors (Lipinski definition) is 7. The van der Waals surface area contributed by atoms with Gasteiger partial charge >= 0.3 is 11.9 Å². The van der Waals surface area contributed by atoms with E-state index in [1.165, 1.54) is 12.1 Å². The molecular weight excluding hydrogens is 388 g/mol. The van der Waals surface area contributed by atoms with Gasteiger partial charge in [0.15, 0.2) is 0 Å². The maximum absolute atomic E-state index is 11.4. The standard InChI is InChI=1S/C11H13NO4.C11H15NO2/c1-4-16-11(13)9-5-7(2)10(12(14)15)8(3)6-9;1-4-14-11(13)9-5-7(2)10(12)8(3)6-9/h5-6H,4H2,1-3H3;5-6H,4,12H2,1-3H3. The summed E-state index contributed by atoms with van der Waals surface area (Å²) in [6.45, 7) is 11.1. The molecule has 30 heavy (non-hydrogen) atoms. The van der Waals surface area contributed by atoms with Gasteiger partial charge in [0.25, 0.3) is 5.69 Å². The Morgan fingerprint density at radius 1 is 0.833 bits per heavy atom. The summed E-state index contributed by atoms with van der Waals surface area (Å²) in [6.07, 6.45) is 0. The first kappa shape index (κ1) is 24.6. The van der Waals surface area contributed by atoms with Crippen LogP contribution in [0.4, 0.5) is 11.4 Å². The molecule has 162 valence electrons. The van der Waals surface area contributed by atoms with Gasteiger partial charge in [-0.3, -0.25) is 10.1 Å². The highest BCUT2D eigenvalue weighted by Crippen LogP contribution is 2.24. The van der Waals surface area contributed by atoms with Crippen LogP contribution in [-0.2, 0) is 9.47 Å². The van der Waals surface area contributed by atoms with Crippen LogP contribution in [0.2, 0.25) is 0 Å². The number of carbonyl (C=O) groups is 2. The van der Waals surface area contributed by atoms with Crippen LogP contribution < -0.4 is 5.73 Å². The molecule has 8 nitrogen and oxygen atoms in total. The summed E-state index contributed by atoms with van der Waals surface area (Å²) in [4.78, 5) is 33.1. The number of benzene rings is 2. The van der Waals surface area contributed by atoms with Gasteiger partial charge in [-0.25, -0.2) is 9.59 Å². The Morgan fingerprint density at radius 3 is 1.47 bits per heavy atom. The van der Waals surface area contributed by atoms with Gasteiger partial charge in [0, 0.05) is 16.8 Å². The summed E-state index contributed by atoms with van der Waals surface area (Å²) >= 11 is 0. The number of rotatable bonds is 5. The highest BCUT2D eigenvalue weighted by Gasteiger charge is 2.18. The lowest BCUT2D eigenvalue weighted by molar-refractivity contribution is -0.386. The predicted octanol–water partition coefficient (Wildman–Crippen LogP) is 4.45. The number of hydrogen-bond donors (Lipinski definition) is 1. The van der Waals surface area contributed by atoms with Gasteiger partial charge in [0.1, 0.15) is 0 Å². The average Bonchev–Trinajstić information content (AvgIpc) is 2.65. The first-order valence-electron chi connectivity index (χ1n) is 9.49. The summed E-state index contributed by atoms with van der Waals surface area (Å²) in [5.41, 5.74) is 10.2. The molecule has 0 atom stereocenters. The molecule has 2 aromatic carbocycles. The molecule has 0 bridgehead atoms. The van der Waals surface area contributed by atoms with E-state index in [0.29, 0.717) is 28.9 Å². The van der Waals surface area contributed by atoms with Crippen LogP contribution in [0.15, 0.2) is 24.3 Å². The zero-order valence-electron chi connectivity index (χ0n) is 18.2. The second kappa shape index (κ2) is 10.9. The highest BCUT2D eigenvalue weighted by molar-refractivity contribution is 5.91. The zero-order chi connectivity index (χ0) is 23.0. The largest absolute Gasteiger partial charge is 0.462 e. The van der Waals surface area contributed by atoms with Crippen LogP contribution in [0.3, 0.4) is 0 Å². The lowest BCUT2D eigenvalue weighted by Crippen LogP contribution is -2.06. The SMILES string of the molecule is CCOC(=O)c1cc(C)c(N)c(C)c1.CCOC(=O)c1cc(C)c([N+](=O)[O-])c(C)c1. The molecule has 0 radical (unpaired) electrons. The van der Waals surface area contributed by atoms with Crippen molar-refractivity contribution in [2.24, 2.45) is 0 Å². The number of nitro benzene ring substituents is 1. The minimum absolute atomic E-state index is 0.0491. The summed E-state index contributed by atoms with van der Waals surface area (Å²) in [7, 11) is 0. The fraction of sp³-hybridized carbons (Fsp3) is 0.364. The first-order valence-corrected chi connectivity index (χ1v) is 9.49. The van der Waals surface area contributed by atoms with Crippen molar-refractivity contribution in [1.82, 2.24) is 0 Å². The molecule has 0 aromatic heterocycles. The normalized spacial score (nSPS) is 9.93. The Hall–Kier alpha value is -3.42. The number of nitro groups is 1. The van der Waals surface area contributed by atoms with E-state index in [-0.39, 0.29) is 18.3 Å².